The van der Waals surface area contributed by atoms with Crippen LogP contribution >= 0.6 is 0 Å². The number of para-hydroxylation sites is 1. The first-order valence-electron chi connectivity index (χ1n) is 13.8. The van der Waals surface area contributed by atoms with Gasteiger partial charge in [0.2, 0.25) is 5.82 Å². The molecule has 0 spiro atoms. The summed E-state index contributed by atoms with van der Waals surface area (Å²) in [5.41, 5.74) is 2.08. The minimum atomic E-state index is -2.20. The number of pyridine rings is 1. The number of anilines is 3. The van der Waals surface area contributed by atoms with E-state index in [2.05, 4.69) is 47.4 Å². The molecule has 7 aromatic carbocycles. The average molecular weight is 587 g/mol. The topological polar surface area (TPSA) is 16.1 Å². The average Bonchev–Trinajstić information content (AvgIpc) is 3.07. The molecule has 0 fully saturated rings. The van der Waals surface area contributed by atoms with Gasteiger partial charge in [0.1, 0.15) is 5.69 Å². The van der Waals surface area contributed by atoms with E-state index < -0.39 is 34.8 Å². The molecular formula is C37H19F5N2. The zero-order valence-electron chi connectivity index (χ0n) is 22.8. The van der Waals surface area contributed by atoms with E-state index in [1.807, 2.05) is 12.1 Å². The molecule has 0 radical (unpaired) electrons. The number of hydrogen-bond donors (Lipinski definition) is 0. The van der Waals surface area contributed by atoms with Gasteiger partial charge in [-0.3, -0.25) is 4.98 Å². The number of rotatable bonds is 4. The summed E-state index contributed by atoms with van der Waals surface area (Å²) in [6.07, 6.45) is 1.79. The summed E-state index contributed by atoms with van der Waals surface area (Å²) in [7, 11) is 0. The molecule has 1 aromatic heterocycles. The van der Waals surface area contributed by atoms with Crippen molar-refractivity contribution in [1.82, 2.24) is 4.98 Å². The number of benzene rings is 7. The molecule has 0 N–H and O–H groups in total. The van der Waals surface area contributed by atoms with Crippen LogP contribution in [0.5, 0.6) is 0 Å². The molecule has 0 amide bonds. The molecule has 0 aliphatic heterocycles. The maximum Gasteiger partial charge on any atom is 0.200 e. The highest BCUT2D eigenvalue weighted by Crippen LogP contribution is 2.43. The van der Waals surface area contributed by atoms with E-state index in [0.29, 0.717) is 0 Å². The molecule has 0 aliphatic rings. The highest BCUT2D eigenvalue weighted by molar-refractivity contribution is 6.29. The van der Waals surface area contributed by atoms with E-state index in [4.69, 9.17) is 0 Å². The van der Waals surface area contributed by atoms with E-state index in [1.54, 1.807) is 48.7 Å². The van der Waals surface area contributed by atoms with Crippen molar-refractivity contribution in [3.05, 3.63) is 144 Å². The van der Waals surface area contributed by atoms with Crippen LogP contribution in [0.25, 0.3) is 54.3 Å². The van der Waals surface area contributed by atoms with Gasteiger partial charge in [0, 0.05) is 28.3 Å². The number of aromatic nitrogens is 1. The number of fused-ring (bicyclic) bond motifs is 2. The lowest BCUT2D eigenvalue weighted by Gasteiger charge is -2.26. The van der Waals surface area contributed by atoms with Gasteiger partial charge in [-0.15, -0.1) is 0 Å². The minimum Gasteiger partial charge on any atom is -0.305 e. The fourth-order valence-electron chi connectivity index (χ4n) is 6.23. The van der Waals surface area contributed by atoms with Crippen molar-refractivity contribution in [2.45, 2.75) is 0 Å². The molecule has 0 saturated heterocycles. The molecule has 0 atom stereocenters. The molecule has 8 rings (SSSR count). The number of hydrogen-bond acceptors (Lipinski definition) is 2. The summed E-state index contributed by atoms with van der Waals surface area (Å²) in [4.78, 5) is 5.68. The highest BCUT2D eigenvalue weighted by Gasteiger charge is 2.30. The molecule has 0 bridgehead atoms. The molecule has 0 unspecified atom stereocenters. The third kappa shape index (κ3) is 3.75. The van der Waals surface area contributed by atoms with Crippen LogP contribution in [0.15, 0.2) is 115 Å². The van der Waals surface area contributed by atoms with Crippen molar-refractivity contribution >= 4 is 60.3 Å². The first-order valence-corrected chi connectivity index (χ1v) is 13.8. The van der Waals surface area contributed by atoms with Crippen LogP contribution in [-0.2, 0) is 0 Å². The number of halogens is 5. The molecule has 2 nitrogen and oxygen atoms in total. The van der Waals surface area contributed by atoms with Crippen LogP contribution < -0.4 is 4.90 Å². The summed E-state index contributed by atoms with van der Waals surface area (Å²) in [6, 6.07) is 33.3. The third-order valence-corrected chi connectivity index (χ3v) is 8.21. The summed E-state index contributed by atoms with van der Waals surface area (Å²) >= 11 is 0. The van der Waals surface area contributed by atoms with Crippen molar-refractivity contribution in [3.8, 4) is 11.1 Å². The molecule has 44 heavy (non-hydrogen) atoms. The van der Waals surface area contributed by atoms with Crippen molar-refractivity contribution in [1.29, 1.82) is 0 Å². The van der Waals surface area contributed by atoms with Crippen LogP contribution in [0, 0.1) is 29.1 Å². The summed E-state index contributed by atoms with van der Waals surface area (Å²) in [5.74, 6) is -10.0. The van der Waals surface area contributed by atoms with Crippen LogP contribution in [0.1, 0.15) is 0 Å². The van der Waals surface area contributed by atoms with E-state index in [1.165, 1.54) is 12.1 Å². The smallest absolute Gasteiger partial charge is 0.200 e. The van der Waals surface area contributed by atoms with E-state index >= 15 is 8.78 Å². The lowest BCUT2D eigenvalue weighted by molar-refractivity contribution is 0.380. The van der Waals surface area contributed by atoms with Gasteiger partial charge in [-0.1, -0.05) is 72.8 Å². The molecule has 0 saturated carbocycles. The quantitative estimate of drug-likeness (QED) is 0.0671. The van der Waals surface area contributed by atoms with Gasteiger partial charge in [0.15, 0.2) is 23.3 Å². The predicted molar refractivity (Wildman–Crippen MR) is 165 cm³/mol. The second-order valence-electron chi connectivity index (χ2n) is 10.6. The van der Waals surface area contributed by atoms with Crippen LogP contribution in [0.2, 0.25) is 0 Å². The van der Waals surface area contributed by atoms with E-state index in [9.17, 15) is 13.2 Å². The van der Waals surface area contributed by atoms with Crippen molar-refractivity contribution in [3.63, 3.8) is 0 Å². The minimum absolute atomic E-state index is 0.221. The van der Waals surface area contributed by atoms with Crippen molar-refractivity contribution < 1.29 is 22.0 Å². The van der Waals surface area contributed by atoms with Gasteiger partial charge < -0.3 is 4.90 Å². The Balaban J connectivity index is 1.31. The fourth-order valence-corrected chi connectivity index (χ4v) is 6.23. The summed E-state index contributed by atoms with van der Waals surface area (Å²) < 4.78 is 72.6. The Hall–Kier alpha value is -5.56. The Kier molecular flexibility index (Phi) is 5.78. The van der Waals surface area contributed by atoms with Crippen molar-refractivity contribution in [2.24, 2.45) is 0 Å². The fraction of sp³-hybridized carbons (Fsp3) is 0. The molecule has 212 valence electrons. The molecule has 8 aromatic rings. The van der Waals surface area contributed by atoms with Crippen molar-refractivity contribution in [2.75, 3.05) is 4.90 Å². The van der Waals surface area contributed by atoms with E-state index in [0.717, 1.165) is 59.2 Å². The predicted octanol–water partition coefficient (Wildman–Crippen LogP) is 11.0. The molecular weight excluding hydrogens is 567 g/mol. The first kappa shape index (κ1) is 26.1. The third-order valence-electron chi connectivity index (χ3n) is 8.21. The SMILES string of the molecule is Fc1c(F)c(F)c(N(c2ccccc2)c2ccc(-c3ccc4ccc5cc6cccnc6c6ccc3c4c56)cc2)c(F)c1F. The lowest BCUT2D eigenvalue weighted by Crippen LogP contribution is -2.17. The second-order valence-corrected chi connectivity index (χ2v) is 10.6. The zero-order chi connectivity index (χ0) is 30.1. The largest absolute Gasteiger partial charge is 0.305 e. The van der Waals surface area contributed by atoms with Gasteiger partial charge in [-0.2, -0.15) is 0 Å². The summed E-state index contributed by atoms with van der Waals surface area (Å²) in [5, 5.41) is 7.54. The second kappa shape index (κ2) is 9.74. The van der Waals surface area contributed by atoms with Gasteiger partial charge >= 0.3 is 0 Å². The Labute approximate surface area is 247 Å². The zero-order valence-corrected chi connectivity index (χ0v) is 22.8. The summed E-state index contributed by atoms with van der Waals surface area (Å²) in [6.45, 7) is 0. The highest BCUT2D eigenvalue weighted by atomic mass is 19.2. The van der Waals surface area contributed by atoms with Crippen LogP contribution in [0.4, 0.5) is 39.0 Å². The Morgan fingerprint density at radius 3 is 1.84 bits per heavy atom. The van der Waals surface area contributed by atoms with Gasteiger partial charge in [0.05, 0.1) is 5.52 Å². The standard InChI is InChI=1S/C37H19F5N2/c38-31-32(39)34(41)37(35(42)33(31)40)44(24-6-2-1-3-7-24)25-13-10-20(11-14-25)26-15-12-21-8-9-22-19-23-5-4-18-43-36(23)28-17-16-27(26)29(21)30(22)28/h1-19H. The first-order chi connectivity index (χ1) is 21.4. The Bertz CT molecular complexity index is 2360. The Morgan fingerprint density at radius 2 is 1.09 bits per heavy atom. The van der Waals surface area contributed by atoms with Crippen LogP contribution in [0.3, 0.4) is 0 Å². The monoisotopic (exact) mass is 586 g/mol. The number of nitrogens with zero attached hydrogens (tertiary/aromatic N) is 2. The van der Waals surface area contributed by atoms with E-state index in [-0.39, 0.29) is 11.4 Å². The molecule has 7 heteroatoms. The normalized spacial score (nSPS) is 11.8. The van der Waals surface area contributed by atoms with Crippen LogP contribution in [-0.4, -0.2) is 4.98 Å². The molecule has 0 aliphatic carbocycles. The lowest BCUT2D eigenvalue weighted by atomic mass is 9.89. The van der Waals surface area contributed by atoms with Gasteiger partial charge in [-0.25, -0.2) is 22.0 Å². The maximum absolute atomic E-state index is 15.1. The maximum atomic E-state index is 15.1. The molecule has 1 heterocycles. The Morgan fingerprint density at radius 1 is 0.477 bits per heavy atom. The van der Waals surface area contributed by atoms with Gasteiger partial charge in [0.25, 0.3) is 0 Å². The van der Waals surface area contributed by atoms with Gasteiger partial charge in [-0.05, 0) is 74.5 Å².